The van der Waals surface area contributed by atoms with Gasteiger partial charge < -0.3 is 10.5 Å². The van der Waals surface area contributed by atoms with E-state index in [0.717, 1.165) is 0 Å². The topological polar surface area (TPSA) is 87.2 Å². The molecule has 1 amide bonds. The first-order valence-corrected chi connectivity index (χ1v) is 6.44. The van der Waals surface area contributed by atoms with Crippen LogP contribution in [0.3, 0.4) is 0 Å². The van der Waals surface area contributed by atoms with Gasteiger partial charge in [-0.2, -0.15) is 5.10 Å². The lowest BCUT2D eigenvalue weighted by molar-refractivity contribution is 0.0733. The van der Waals surface area contributed by atoms with Crippen molar-refractivity contribution < 1.29 is 14.3 Å². The molecule has 0 atom stereocenters. The molecule has 1 aromatic carbocycles. The first kappa shape index (κ1) is 14.8. The van der Waals surface area contributed by atoms with Crippen LogP contribution in [0.15, 0.2) is 36.7 Å². The Morgan fingerprint density at radius 2 is 1.95 bits per heavy atom. The van der Waals surface area contributed by atoms with Crippen molar-refractivity contribution in [1.29, 1.82) is 0 Å². The third-order valence-electron chi connectivity index (χ3n) is 2.83. The molecule has 2 N–H and O–H groups in total. The van der Waals surface area contributed by atoms with Gasteiger partial charge in [0.15, 0.2) is 0 Å². The van der Waals surface area contributed by atoms with Gasteiger partial charge in [0, 0.05) is 11.8 Å². The normalized spacial score (nSPS) is 11.2. The molecule has 0 saturated heterocycles. The highest BCUT2D eigenvalue weighted by Crippen LogP contribution is 2.17. The fraction of sp³-hybridized carbons (Fsp3) is 0.267. The Labute approximate surface area is 122 Å². The van der Waals surface area contributed by atoms with Gasteiger partial charge in [0.1, 0.15) is 5.75 Å². The number of rotatable bonds is 3. The molecule has 0 unspecified atom stereocenters. The smallest absolute Gasteiger partial charge is 0.346 e. The zero-order valence-corrected chi connectivity index (χ0v) is 12.2. The molecule has 0 aliphatic rings. The van der Waals surface area contributed by atoms with Crippen molar-refractivity contribution in [3.05, 3.63) is 47.8 Å². The zero-order valence-electron chi connectivity index (χ0n) is 12.2. The minimum Gasteiger partial charge on any atom is -0.423 e. The summed E-state index contributed by atoms with van der Waals surface area (Å²) in [6, 6.07) is 6.16. The molecule has 6 nitrogen and oxygen atoms in total. The average molecular weight is 287 g/mol. The van der Waals surface area contributed by atoms with E-state index in [-0.39, 0.29) is 16.9 Å². The molecule has 1 aromatic heterocycles. The summed E-state index contributed by atoms with van der Waals surface area (Å²) in [6.45, 7) is 5.93. The van der Waals surface area contributed by atoms with E-state index in [4.69, 9.17) is 10.5 Å². The van der Waals surface area contributed by atoms with Crippen molar-refractivity contribution in [1.82, 2.24) is 9.78 Å². The first-order valence-electron chi connectivity index (χ1n) is 6.44. The summed E-state index contributed by atoms with van der Waals surface area (Å²) in [4.78, 5) is 23.1. The van der Waals surface area contributed by atoms with Crippen LogP contribution in [0.25, 0.3) is 0 Å². The van der Waals surface area contributed by atoms with Gasteiger partial charge in [0.05, 0.1) is 17.3 Å². The Morgan fingerprint density at radius 3 is 2.52 bits per heavy atom. The van der Waals surface area contributed by atoms with E-state index in [1.165, 1.54) is 12.3 Å². The molecular formula is C15H17N3O3. The van der Waals surface area contributed by atoms with E-state index in [1.807, 2.05) is 20.8 Å². The Kier molecular flexibility index (Phi) is 3.80. The molecule has 0 bridgehead atoms. The second-order valence-corrected chi connectivity index (χ2v) is 5.63. The molecule has 6 heteroatoms. The van der Waals surface area contributed by atoms with Gasteiger partial charge in [-0.15, -0.1) is 0 Å². The molecular weight excluding hydrogens is 270 g/mol. The number of nitrogens with two attached hydrogens (primary N) is 1. The molecule has 0 saturated carbocycles. The highest BCUT2D eigenvalue weighted by atomic mass is 16.5. The number of carbonyl (C=O) groups excluding carboxylic acids is 2. The van der Waals surface area contributed by atoms with Crippen molar-refractivity contribution in [3.8, 4) is 5.75 Å². The van der Waals surface area contributed by atoms with E-state index in [9.17, 15) is 9.59 Å². The van der Waals surface area contributed by atoms with Crippen LogP contribution in [0.5, 0.6) is 5.75 Å². The van der Waals surface area contributed by atoms with E-state index in [2.05, 4.69) is 5.10 Å². The van der Waals surface area contributed by atoms with E-state index >= 15 is 0 Å². The van der Waals surface area contributed by atoms with Crippen LogP contribution in [0.4, 0.5) is 0 Å². The number of carbonyl (C=O) groups is 2. The van der Waals surface area contributed by atoms with Gasteiger partial charge in [0.25, 0.3) is 0 Å². The Bertz CT molecular complexity index is 683. The number of nitrogens with zero attached hydrogens (tertiary/aromatic N) is 2. The van der Waals surface area contributed by atoms with Gasteiger partial charge in [-0.25, -0.2) is 4.79 Å². The summed E-state index contributed by atoms with van der Waals surface area (Å²) in [7, 11) is 0. The van der Waals surface area contributed by atoms with Crippen LogP contribution >= 0.6 is 0 Å². The van der Waals surface area contributed by atoms with Crippen LogP contribution in [0, 0.1) is 0 Å². The fourth-order valence-corrected chi connectivity index (χ4v) is 1.67. The van der Waals surface area contributed by atoms with Crippen LogP contribution in [-0.2, 0) is 5.54 Å². The number of hydrogen-bond donors (Lipinski definition) is 1. The van der Waals surface area contributed by atoms with Gasteiger partial charge in [0.2, 0.25) is 5.91 Å². The molecule has 110 valence electrons. The third kappa shape index (κ3) is 3.47. The lowest BCUT2D eigenvalue weighted by Crippen LogP contribution is -2.22. The van der Waals surface area contributed by atoms with Crippen LogP contribution in [0.2, 0.25) is 0 Å². The largest absolute Gasteiger partial charge is 0.423 e. The quantitative estimate of drug-likeness (QED) is 0.690. The maximum Gasteiger partial charge on any atom is 0.346 e. The van der Waals surface area contributed by atoms with Crippen LogP contribution in [-0.4, -0.2) is 21.7 Å². The van der Waals surface area contributed by atoms with E-state index in [1.54, 1.807) is 29.1 Å². The molecule has 2 rings (SSSR count). The molecule has 0 radical (unpaired) electrons. The second-order valence-electron chi connectivity index (χ2n) is 5.63. The molecule has 2 aromatic rings. The van der Waals surface area contributed by atoms with E-state index in [0.29, 0.717) is 5.56 Å². The van der Waals surface area contributed by atoms with Crippen LogP contribution < -0.4 is 10.5 Å². The van der Waals surface area contributed by atoms with Gasteiger partial charge in [-0.05, 0) is 39.0 Å². The molecule has 0 fully saturated rings. The minimum atomic E-state index is -0.576. The van der Waals surface area contributed by atoms with Gasteiger partial charge >= 0.3 is 5.97 Å². The maximum absolute atomic E-state index is 12.0. The summed E-state index contributed by atoms with van der Waals surface area (Å²) < 4.78 is 6.90. The number of benzene rings is 1. The Balaban J connectivity index is 2.16. The summed E-state index contributed by atoms with van der Waals surface area (Å²) in [5, 5.41) is 4.14. The Morgan fingerprint density at radius 1 is 1.24 bits per heavy atom. The second kappa shape index (κ2) is 5.40. The molecule has 0 spiro atoms. The minimum absolute atomic E-state index is 0.218. The lowest BCUT2D eigenvalue weighted by Gasteiger charge is -2.18. The van der Waals surface area contributed by atoms with Gasteiger partial charge in [-0.1, -0.05) is 6.07 Å². The van der Waals surface area contributed by atoms with Crippen molar-refractivity contribution in [2.24, 2.45) is 5.73 Å². The molecule has 21 heavy (non-hydrogen) atoms. The Hall–Kier alpha value is -2.63. The standard InChI is InChI=1S/C15H17N3O3/c1-15(2,3)18-9-11(8-17-18)14(20)21-12-6-4-5-10(7-12)13(16)19/h4-9H,1-3H3,(H2,16,19). The average Bonchev–Trinajstić information content (AvgIpc) is 2.88. The number of esters is 1. The molecule has 1 heterocycles. The summed E-state index contributed by atoms with van der Waals surface area (Å²) >= 11 is 0. The van der Waals surface area contributed by atoms with Crippen molar-refractivity contribution in [2.75, 3.05) is 0 Å². The first-order chi connectivity index (χ1) is 9.77. The van der Waals surface area contributed by atoms with Crippen molar-refractivity contribution in [3.63, 3.8) is 0 Å². The fourth-order valence-electron chi connectivity index (χ4n) is 1.67. The number of primary amides is 1. The monoisotopic (exact) mass is 287 g/mol. The zero-order chi connectivity index (χ0) is 15.6. The van der Waals surface area contributed by atoms with Crippen molar-refractivity contribution >= 4 is 11.9 Å². The summed E-state index contributed by atoms with van der Waals surface area (Å²) in [5.74, 6) is -0.847. The van der Waals surface area contributed by atoms with Crippen LogP contribution in [0.1, 0.15) is 41.5 Å². The lowest BCUT2D eigenvalue weighted by atomic mass is 10.1. The SMILES string of the molecule is CC(C)(C)n1cc(C(=O)Oc2cccc(C(N)=O)c2)cn1. The number of hydrogen-bond acceptors (Lipinski definition) is 4. The third-order valence-corrected chi connectivity index (χ3v) is 2.83. The number of amides is 1. The van der Waals surface area contributed by atoms with Crippen molar-refractivity contribution in [2.45, 2.75) is 26.3 Å². The highest BCUT2D eigenvalue weighted by Gasteiger charge is 2.18. The number of ether oxygens (including phenoxy) is 1. The number of aromatic nitrogens is 2. The maximum atomic E-state index is 12.0. The van der Waals surface area contributed by atoms with E-state index < -0.39 is 11.9 Å². The molecule has 0 aliphatic heterocycles. The molecule has 0 aliphatic carbocycles. The predicted molar refractivity (Wildman–Crippen MR) is 77.1 cm³/mol. The predicted octanol–water partition coefficient (Wildman–Crippen LogP) is 1.96. The summed E-state index contributed by atoms with van der Waals surface area (Å²) in [6.07, 6.45) is 3.08. The van der Waals surface area contributed by atoms with Gasteiger partial charge in [-0.3, -0.25) is 9.48 Å². The summed E-state index contributed by atoms with van der Waals surface area (Å²) in [5.41, 5.74) is 5.59. The highest BCUT2D eigenvalue weighted by molar-refractivity contribution is 5.94.